The average Bonchev–Trinajstić information content (AvgIpc) is 2.60. The highest BCUT2D eigenvalue weighted by atomic mass is 16.3. The van der Waals surface area contributed by atoms with Crippen LogP contribution in [0.4, 0.5) is 0 Å². The summed E-state index contributed by atoms with van der Waals surface area (Å²) in [4.78, 5) is 26.7. The lowest BCUT2D eigenvalue weighted by Crippen LogP contribution is -2.40. The summed E-state index contributed by atoms with van der Waals surface area (Å²) in [5.41, 5.74) is 2.60. The number of rotatable bonds is 8. The Bertz CT molecular complexity index is 800. The Kier molecular flexibility index (Phi) is 8.68. The number of aliphatic hydroxyl groups is 1. The van der Waals surface area contributed by atoms with Crippen molar-refractivity contribution in [3.63, 3.8) is 0 Å². The molecular weight excluding hydrogens is 359 g/mol. The van der Waals surface area contributed by atoms with E-state index in [1.807, 2.05) is 59.8 Å². The molecule has 0 saturated heterocycles. The molecule has 0 unspecified atom stereocenters. The normalized spacial score (nSPS) is 16.1. The summed E-state index contributed by atoms with van der Waals surface area (Å²) in [6, 6.07) is 0. The first-order valence-electron chi connectivity index (χ1n) is 10.3. The van der Waals surface area contributed by atoms with Gasteiger partial charge in [-0.2, -0.15) is 0 Å². The van der Waals surface area contributed by atoms with Gasteiger partial charge in [0, 0.05) is 11.5 Å². The van der Waals surface area contributed by atoms with Crippen molar-refractivity contribution in [1.29, 1.82) is 0 Å². The summed E-state index contributed by atoms with van der Waals surface area (Å²) < 4.78 is 0. The fraction of sp³-hybridized carbons (Fsp3) is 0.520. The number of carbonyl (C=O) groups excluding carboxylic acids is 2. The Hall–Kier alpha value is -2.10. The molecule has 0 aromatic heterocycles. The molecule has 2 radical (unpaired) electrons. The first kappa shape index (κ1) is 24.9. The van der Waals surface area contributed by atoms with Gasteiger partial charge in [0.2, 0.25) is 0 Å². The monoisotopic (exact) mass is 394 g/mol. The molecule has 0 aromatic rings. The van der Waals surface area contributed by atoms with Crippen LogP contribution in [0.5, 0.6) is 0 Å². The molecule has 0 aromatic carbocycles. The van der Waals surface area contributed by atoms with E-state index >= 15 is 0 Å². The van der Waals surface area contributed by atoms with Crippen molar-refractivity contribution in [3.05, 3.63) is 57.3 Å². The van der Waals surface area contributed by atoms with Gasteiger partial charge < -0.3 is 5.11 Å². The van der Waals surface area contributed by atoms with Gasteiger partial charge in [0.05, 0.1) is 5.41 Å². The zero-order valence-corrected chi connectivity index (χ0v) is 19.3. The molecule has 0 fully saturated rings. The second-order valence-corrected chi connectivity index (χ2v) is 9.00. The van der Waals surface area contributed by atoms with E-state index in [2.05, 4.69) is 0 Å². The molecule has 1 aliphatic rings. The maximum Gasteiger partial charge on any atom is 0.172 e. The predicted molar refractivity (Wildman–Crippen MR) is 122 cm³/mol. The van der Waals surface area contributed by atoms with Crippen LogP contribution in [0, 0.1) is 11.3 Å². The molecule has 0 amide bonds. The molecule has 0 aliphatic heterocycles. The summed E-state index contributed by atoms with van der Waals surface area (Å²) in [5.74, 6) is -0.954. The largest absolute Gasteiger partial charge is 0.510 e. The fourth-order valence-corrected chi connectivity index (χ4v) is 3.30. The Balaban J connectivity index is 3.86. The van der Waals surface area contributed by atoms with Gasteiger partial charge in [0.1, 0.15) is 13.6 Å². The third-order valence-electron chi connectivity index (χ3n) is 5.20. The van der Waals surface area contributed by atoms with Gasteiger partial charge in [-0.15, -0.1) is 0 Å². The van der Waals surface area contributed by atoms with E-state index in [1.54, 1.807) is 13.8 Å². The fourth-order valence-electron chi connectivity index (χ4n) is 3.30. The Morgan fingerprint density at radius 2 is 1.41 bits per heavy atom. The van der Waals surface area contributed by atoms with Gasteiger partial charge in [-0.3, -0.25) is 9.59 Å². The van der Waals surface area contributed by atoms with Gasteiger partial charge in [-0.25, -0.2) is 0 Å². The molecule has 1 N–H and O–H groups in total. The number of aliphatic hydroxyl groups excluding tert-OH is 1. The first-order valence-corrected chi connectivity index (χ1v) is 10.3. The van der Waals surface area contributed by atoms with E-state index in [4.69, 9.17) is 7.85 Å². The minimum absolute atomic E-state index is 0.112. The summed E-state index contributed by atoms with van der Waals surface area (Å²) in [7, 11) is 6.32. The minimum Gasteiger partial charge on any atom is -0.510 e. The highest BCUT2D eigenvalue weighted by Gasteiger charge is 2.48. The first-order chi connectivity index (χ1) is 13.3. The van der Waals surface area contributed by atoms with Gasteiger partial charge in [0.15, 0.2) is 11.6 Å². The number of hydrogen-bond acceptors (Lipinski definition) is 3. The maximum absolute atomic E-state index is 13.7. The minimum atomic E-state index is -1.21. The topological polar surface area (TPSA) is 54.4 Å². The van der Waals surface area contributed by atoms with Crippen LogP contribution in [0.15, 0.2) is 57.3 Å². The molecular formula is C25H35BO3. The van der Waals surface area contributed by atoms with E-state index in [9.17, 15) is 14.7 Å². The zero-order valence-electron chi connectivity index (χ0n) is 19.3. The predicted octanol–water partition coefficient (Wildman–Crippen LogP) is 6.08. The standard InChI is InChI=1S/C25H35BO3/c1-15(2)9-10-19-21(26)20(22(27)18(7)8)24(29)25(23(19)28,13-11-16(3)4)14-12-17(5)6/h9,11-12,18,29H,10,13-14H2,1-8H3. The molecule has 0 atom stereocenters. The van der Waals surface area contributed by atoms with Gasteiger partial charge in [-0.05, 0) is 66.4 Å². The molecule has 0 bridgehead atoms. The summed E-state index contributed by atoms with van der Waals surface area (Å²) >= 11 is 0. The van der Waals surface area contributed by atoms with E-state index in [-0.39, 0.29) is 34.3 Å². The molecule has 156 valence electrons. The number of hydrogen-bond donors (Lipinski definition) is 1. The second kappa shape index (κ2) is 10.1. The van der Waals surface area contributed by atoms with Crippen molar-refractivity contribution in [2.24, 2.45) is 11.3 Å². The number of carbonyl (C=O) groups is 2. The van der Waals surface area contributed by atoms with Crippen LogP contribution >= 0.6 is 0 Å². The molecule has 29 heavy (non-hydrogen) atoms. The third-order valence-corrected chi connectivity index (χ3v) is 5.20. The SMILES string of the molecule is [B]C1=C(CC=C(C)C)C(=O)C(CC=C(C)C)(CC=C(C)C)C(O)=C1C(=O)C(C)C. The van der Waals surface area contributed by atoms with Crippen molar-refractivity contribution in [3.8, 4) is 0 Å². The van der Waals surface area contributed by atoms with Gasteiger partial charge >= 0.3 is 0 Å². The number of ketones is 2. The molecule has 1 rings (SSSR count). The van der Waals surface area contributed by atoms with Crippen LogP contribution in [-0.4, -0.2) is 24.5 Å². The van der Waals surface area contributed by atoms with Crippen molar-refractivity contribution in [1.82, 2.24) is 0 Å². The third kappa shape index (κ3) is 5.71. The van der Waals surface area contributed by atoms with E-state index < -0.39 is 5.41 Å². The molecule has 0 saturated carbocycles. The molecule has 1 aliphatic carbocycles. The van der Waals surface area contributed by atoms with Crippen LogP contribution < -0.4 is 0 Å². The van der Waals surface area contributed by atoms with Crippen LogP contribution in [0.2, 0.25) is 0 Å². The summed E-state index contributed by atoms with van der Waals surface area (Å²) in [6.07, 6.45) is 6.83. The smallest absolute Gasteiger partial charge is 0.172 e. The van der Waals surface area contributed by atoms with Crippen molar-refractivity contribution < 1.29 is 14.7 Å². The van der Waals surface area contributed by atoms with Crippen LogP contribution in [0.25, 0.3) is 0 Å². The van der Waals surface area contributed by atoms with Crippen LogP contribution in [0.3, 0.4) is 0 Å². The highest BCUT2D eigenvalue weighted by Crippen LogP contribution is 2.46. The molecule has 0 heterocycles. The van der Waals surface area contributed by atoms with Crippen molar-refractivity contribution in [2.45, 2.75) is 74.7 Å². The second-order valence-electron chi connectivity index (χ2n) is 9.00. The Morgan fingerprint density at radius 1 is 0.966 bits per heavy atom. The van der Waals surface area contributed by atoms with E-state index in [1.165, 1.54) is 0 Å². The van der Waals surface area contributed by atoms with Gasteiger partial charge in [-0.1, -0.05) is 54.3 Å². The Morgan fingerprint density at radius 3 is 1.79 bits per heavy atom. The van der Waals surface area contributed by atoms with Gasteiger partial charge in [0.25, 0.3) is 0 Å². The lowest BCUT2D eigenvalue weighted by Gasteiger charge is -2.37. The summed E-state index contributed by atoms with van der Waals surface area (Å²) in [5, 5.41) is 11.3. The number of Topliss-reactive ketones (excluding diaryl/α,β-unsaturated/α-hetero) is 2. The molecule has 4 heteroatoms. The highest BCUT2D eigenvalue weighted by molar-refractivity contribution is 6.33. The molecule has 0 spiro atoms. The van der Waals surface area contributed by atoms with E-state index in [0.717, 1.165) is 16.7 Å². The quantitative estimate of drug-likeness (QED) is 0.401. The lowest BCUT2D eigenvalue weighted by atomic mass is 9.61. The van der Waals surface area contributed by atoms with E-state index in [0.29, 0.717) is 24.8 Å². The van der Waals surface area contributed by atoms with Crippen LogP contribution in [0.1, 0.15) is 74.7 Å². The van der Waals surface area contributed by atoms with Crippen molar-refractivity contribution in [2.75, 3.05) is 0 Å². The average molecular weight is 394 g/mol. The number of allylic oxidation sites excluding steroid dienone is 10. The zero-order chi connectivity index (χ0) is 22.5. The lowest BCUT2D eigenvalue weighted by molar-refractivity contribution is -0.125. The Labute approximate surface area is 177 Å². The molecule has 3 nitrogen and oxygen atoms in total. The maximum atomic E-state index is 13.7. The van der Waals surface area contributed by atoms with Crippen molar-refractivity contribution >= 4 is 19.4 Å². The van der Waals surface area contributed by atoms with Crippen LogP contribution in [-0.2, 0) is 9.59 Å². The summed E-state index contributed by atoms with van der Waals surface area (Å²) in [6.45, 7) is 15.3.